The van der Waals surface area contributed by atoms with E-state index < -0.39 is 0 Å². The van der Waals surface area contributed by atoms with Gasteiger partial charge in [0, 0.05) is 11.1 Å². The Morgan fingerprint density at radius 2 is 1.04 bits per heavy atom. The molecular formula is C21H42NNaS2. The van der Waals surface area contributed by atoms with Gasteiger partial charge in [0.1, 0.15) is 0 Å². The van der Waals surface area contributed by atoms with Crippen molar-refractivity contribution in [2.45, 2.75) is 130 Å². The molecular weight excluding hydrogens is 353 g/mol. The van der Waals surface area contributed by atoms with Gasteiger partial charge < -0.3 is 29.7 Å². The number of nitrogens with zero attached hydrogens (tertiary/aromatic N) is 1. The molecule has 0 aliphatic rings. The van der Waals surface area contributed by atoms with Gasteiger partial charge in [-0.2, -0.15) is 0 Å². The van der Waals surface area contributed by atoms with Crippen LogP contribution in [0.4, 0.5) is 0 Å². The number of rotatable bonds is 14. The predicted molar refractivity (Wildman–Crippen MR) is 117 cm³/mol. The summed E-state index contributed by atoms with van der Waals surface area (Å²) in [6.45, 7) is 13.9. The summed E-state index contributed by atoms with van der Waals surface area (Å²) in [5.41, 5.74) is 0.290. The molecule has 4 heteroatoms. The van der Waals surface area contributed by atoms with E-state index in [0.29, 0.717) is 4.32 Å². The van der Waals surface area contributed by atoms with Crippen LogP contribution in [0.2, 0.25) is 0 Å². The Morgan fingerprint density at radius 1 is 0.720 bits per heavy atom. The third-order valence-corrected chi connectivity index (χ3v) is 6.62. The number of hydrogen-bond donors (Lipinski definition) is 0. The first-order chi connectivity index (χ1) is 11.4. The van der Waals surface area contributed by atoms with E-state index in [4.69, 9.17) is 24.8 Å². The molecule has 0 aliphatic carbocycles. The van der Waals surface area contributed by atoms with E-state index in [9.17, 15) is 0 Å². The topological polar surface area (TPSA) is 3.24 Å². The largest absolute Gasteiger partial charge is 1.00 e. The van der Waals surface area contributed by atoms with Crippen LogP contribution in [0.1, 0.15) is 119 Å². The molecule has 0 aromatic carbocycles. The second-order valence-corrected chi connectivity index (χ2v) is 8.41. The third-order valence-electron chi connectivity index (χ3n) is 6.26. The summed E-state index contributed by atoms with van der Waals surface area (Å²) >= 11 is 11.4. The van der Waals surface area contributed by atoms with Crippen LogP contribution in [0.25, 0.3) is 0 Å². The molecule has 0 aromatic rings. The van der Waals surface area contributed by atoms with Crippen molar-refractivity contribution >= 4 is 29.2 Å². The maximum absolute atomic E-state index is 5.68. The van der Waals surface area contributed by atoms with Crippen LogP contribution >= 0.6 is 12.2 Å². The van der Waals surface area contributed by atoms with Gasteiger partial charge in [-0.1, -0.05) is 84.4 Å². The second kappa shape index (κ2) is 15.1. The fourth-order valence-corrected chi connectivity index (χ4v) is 5.14. The van der Waals surface area contributed by atoms with Gasteiger partial charge in [-0.25, -0.2) is 0 Å². The summed E-state index contributed by atoms with van der Waals surface area (Å²) in [5.74, 6) is 0. The smallest absolute Gasteiger partial charge is 0.411 e. The van der Waals surface area contributed by atoms with E-state index in [0.717, 1.165) is 25.7 Å². The van der Waals surface area contributed by atoms with Crippen LogP contribution in [0.5, 0.6) is 0 Å². The van der Waals surface area contributed by atoms with E-state index in [-0.39, 0.29) is 40.6 Å². The average Bonchev–Trinajstić information content (AvgIpc) is 2.59. The normalized spacial score (nSPS) is 11.9. The molecule has 144 valence electrons. The minimum Gasteiger partial charge on any atom is -0.411 e. The van der Waals surface area contributed by atoms with Crippen LogP contribution in [0.15, 0.2) is 0 Å². The van der Waals surface area contributed by atoms with Crippen LogP contribution in [-0.2, 0) is 12.6 Å². The fraction of sp³-hybridized carbons (Fsp3) is 0.952. The summed E-state index contributed by atoms with van der Waals surface area (Å²) in [6.07, 6.45) is 14.7. The molecule has 25 heavy (non-hydrogen) atoms. The van der Waals surface area contributed by atoms with Crippen molar-refractivity contribution in [3.8, 4) is 0 Å². The molecule has 0 N–H and O–H groups in total. The molecule has 0 radical (unpaired) electrons. The predicted octanol–water partition coefficient (Wildman–Crippen LogP) is 4.40. The van der Waals surface area contributed by atoms with E-state index in [1.807, 2.05) is 0 Å². The van der Waals surface area contributed by atoms with E-state index in [1.54, 1.807) is 0 Å². The summed E-state index contributed by atoms with van der Waals surface area (Å²) in [5, 5.41) is 0. The zero-order chi connectivity index (χ0) is 18.6. The summed E-state index contributed by atoms with van der Waals surface area (Å²) in [7, 11) is 0. The first kappa shape index (κ1) is 28.3. The van der Waals surface area contributed by atoms with Gasteiger partial charge in [0.2, 0.25) is 0 Å². The Bertz CT molecular complexity index is 313. The van der Waals surface area contributed by atoms with Gasteiger partial charge in [-0.15, -0.1) is 0 Å². The molecule has 0 saturated carbocycles. The maximum atomic E-state index is 5.68. The first-order valence-corrected chi connectivity index (χ1v) is 11.3. The Balaban J connectivity index is 0. The van der Waals surface area contributed by atoms with Gasteiger partial charge in [-0.05, 0) is 38.5 Å². The van der Waals surface area contributed by atoms with Crippen molar-refractivity contribution in [3.63, 3.8) is 0 Å². The third kappa shape index (κ3) is 7.94. The molecule has 0 aliphatic heterocycles. The molecule has 0 bridgehead atoms. The van der Waals surface area contributed by atoms with E-state index in [2.05, 4.69) is 46.4 Å². The monoisotopic (exact) mass is 395 g/mol. The Labute approximate surface area is 192 Å². The van der Waals surface area contributed by atoms with E-state index >= 15 is 0 Å². The second-order valence-electron chi connectivity index (χ2n) is 7.38. The number of hydrogen-bond acceptors (Lipinski definition) is 2. The molecule has 0 aromatic heterocycles. The summed E-state index contributed by atoms with van der Waals surface area (Å²) in [6, 6.07) is 0. The molecule has 0 unspecified atom stereocenters. The van der Waals surface area contributed by atoms with Crippen molar-refractivity contribution in [3.05, 3.63) is 0 Å². The SMILES string of the molecule is CCCCCC(CC)(CC)N(C(=S)[S-])C(CC)(CC)CCCCC.[Na+]. The maximum Gasteiger partial charge on any atom is 1.00 e. The molecule has 0 fully saturated rings. The average molecular weight is 396 g/mol. The van der Waals surface area contributed by atoms with Gasteiger partial charge in [0.05, 0.1) is 0 Å². The molecule has 0 atom stereocenters. The van der Waals surface area contributed by atoms with Crippen LogP contribution < -0.4 is 29.6 Å². The van der Waals surface area contributed by atoms with Gasteiger partial charge in [0.25, 0.3) is 0 Å². The minimum absolute atomic E-state index is 0. The molecule has 0 saturated heterocycles. The van der Waals surface area contributed by atoms with Gasteiger partial charge >= 0.3 is 29.6 Å². The van der Waals surface area contributed by atoms with Crippen molar-refractivity contribution in [1.29, 1.82) is 0 Å². The molecule has 0 spiro atoms. The zero-order valence-corrected chi connectivity index (χ0v) is 21.9. The van der Waals surface area contributed by atoms with Crippen molar-refractivity contribution < 1.29 is 29.6 Å². The minimum atomic E-state index is 0. The molecule has 0 rings (SSSR count). The van der Waals surface area contributed by atoms with Crippen LogP contribution in [0, 0.1) is 0 Å². The molecule has 1 nitrogen and oxygen atoms in total. The zero-order valence-electron chi connectivity index (χ0n) is 18.2. The number of unbranched alkanes of at least 4 members (excludes halogenated alkanes) is 4. The van der Waals surface area contributed by atoms with Gasteiger partial charge in [-0.3, -0.25) is 0 Å². The van der Waals surface area contributed by atoms with Crippen molar-refractivity contribution in [2.24, 2.45) is 0 Å². The Hall–Kier alpha value is 1.11. The van der Waals surface area contributed by atoms with Crippen molar-refractivity contribution in [2.75, 3.05) is 0 Å². The summed E-state index contributed by atoms with van der Waals surface area (Å²) < 4.78 is 0.704. The standard InChI is InChI=1S/C21H43NS2.Na/c1-7-13-15-17-20(9-3,10-4)22(19(23)24)21(11-5,12-6)18-16-14-8-2;/h7-18H2,1-6H3,(H,23,24);/q;+1/p-1. The Morgan fingerprint density at radius 3 is 1.24 bits per heavy atom. The van der Waals surface area contributed by atoms with Gasteiger partial charge in [0.15, 0.2) is 0 Å². The molecule has 0 heterocycles. The fourth-order valence-electron chi connectivity index (χ4n) is 4.36. The molecule has 0 amide bonds. The van der Waals surface area contributed by atoms with Crippen molar-refractivity contribution in [1.82, 2.24) is 4.90 Å². The number of thiocarbonyl (C=S) groups is 1. The quantitative estimate of drug-likeness (QED) is 0.186. The van der Waals surface area contributed by atoms with E-state index in [1.165, 1.54) is 51.4 Å². The summed E-state index contributed by atoms with van der Waals surface area (Å²) in [4.78, 5) is 2.55. The van der Waals surface area contributed by atoms with Crippen LogP contribution in [-0.4, -0.2) is 20.3 Å². The first-order valence-electron chi connectivity index (χ1n) is 10.4. The Kier molecular flexibility index (Phi) is 17.1. The van der Waals surface area contributed by atoms with Crippen LogP contribution in [0.3, 0.4) is 0 Å².